The summed E-state index contributed by atoms with van der Waals surface area (Å²) in [5.74, 6) is -0.159. The highest BCUT2D eigenvalue weighted by molar-refractivity contribution is 5.75. The third kappa shape index (κ3) is 3.40. The topological polar surface area (TPSA) is 71.5 Å². The van der Waals surface area contributed by atoms with Crippen molar-refractivity contribution in [2.75, 3.05) is 19.0 Å². The number of aromatic nitrogens is 1. The summed E-state index contributed by atoms with van der Waals surface area (Å²) in [5, 5.41) is 12.9. The Morgan fingerprint density at radius 3 is 2.70 bits per heavy atom. The molecule has 0 atom stereocenters. The predicted molar refractivity (Wildman–Crippen MR) is 77.0 cm³/mol. The molecule has 2 rings (SSSR count). The lowest BCUT2D eigenvalue weighted by molar-refractivity contribution is -0.149. The van der Waals surface area contributed by atoms with Crippen LogP contribution in [0.2, 0.25) is 0 Å². The van der Waals surface area contributed by atoms with Crippen molar-refractivity contribution in [1.29, 1.82) is 0 Å². The number of pyridine rings is 1. The first kappa shape index (κ1) is 14.6. The van der Waals surface area contributed by atoms with Gasteiger partial charge in [-0.3, -0.25) is 4.79 Å². The zero-order chi connectivity index (χ0) is 14.4. The number of carboxylic acid groups (broad SMARTS) is 1. The van der Waals surface area contributed by atoms with Gasteiger partial charge in [-0.2, -0.15) is 0 Å². The van der Waals surface area contributed by atoms with Crippen LogP contribution in [0.15, 0.2) is 18.3 Å². The second kappa shape index (κ2) is 6.59. The van der Waals surface area contributed by atoms with Crippen molar-refractivity contribution in [3.05, 3.63) is 18.3 Å². The molecule has 0 amide bonds. The Morgan fingerprint density at radius 1 is 1.40 bits per heavy atom. The minimum Gasteiger partial charge on any atom is -0.481 e. The Kier molecular flexibility index (Phi) is 4.82. The van der Waals surface area contributed by atoms with E-state index in [-0.39, 0.29) is 0 Å². The molecule has 1 heterocycles. The zero-order valence-electron chi connectivity index (χ0n) is 11.9. The van der Waals surface area contributed by atoms with Crippen LogP contribution in [0.4, 0.5) is 5.69 Å². The summed E-state index contributed by atoms with van der Waals surface area (Å²) in [7, 11) is 1.57. The van der Waals surface area contributed by atoms with E-state index in [0.717, 1.165) is 44.2 Å². The summed E-state index contributed by atoms with van der Waals surface area (Å²) in [6.45, 7) is 0.454. The molecule has 1 aliphatic carbocycles. The molecule has 1 fully saturated rings. The van der Waals surface area contributed by atoms with E-state index in [1.165, 1.54) is 0 Å². The van der Waals surface area contributed by atoms with E-state index in [2.05, 4.69) is 10.3 Å². The first-order valence-electron chi connectivity index (χ1n) is 7.14. The number of carboxylic acids is 1. The average Bonchev–Trinajstić information content (AvgIpc) is 2.72. The van der Waals surface area contributed by atoms with Gasteiger partial charge in [0.25, 0.3) is 0 Å². The molecule has 1 aromatic heterocycles. The molecule has 20 heavy (non-hydrogen) atoms. The number of nitrogens with zero attached hydrogens (tertiary/aromatic N) is 1. The van der Waals surface area contributed by atoms with Gasteiger partial charge >= 0.3 is 5.97 Å². The maximum atomic E-state index is 11.7. The van der Waals surface area contributed by atoms with Gasteiger partial charge in [-0.15, -0.1) is 0 Å². The first-order valence-corrected chi connectivity index (χ1v) is 7.14. The highest BCUT2D eigenvalue weighted by Crippen LogP contribution is 2.35. The number of anilines is 1. The summed E-state index contributed by atoms with van der Waals surface area (Å²) in [5.41, 5.74) is 0.203. The van der Waals surface area contributed by atoms with Crippen LogP contribution >= 0.6 is 0 Å². The average molecular weight is 278 g/mol. The van der Waals surface area contributed by atoms with Crippen molar-refractivity contribution < 1.29 is 14.6 Å². The summed E-state index contributed by atoms with van der Waals surface area (Å²) in [6, 6.07) is 3.61. The van der Waals surface area contributed by atoms with Gasteiger partial charge in [0, 0.05) is 24.5 Å². The number of ether oxygens (including phenoxy) is 1. The first-order chi connectivity index (χ1) is 9.66. The smallest absolute Gasteiger partial charge is 0.311 e. The number of hydrogen-bond acceptors (Lipinski definition) is 4. The van der Waals surface area contributed by atoms with Gasteiger partial charge in [0.1, 0.15) is 0 Å². The van der Waals surface area contributed by atoms with Gasteiger partial charge in [0.05, 0.1) is 12.5 Å². The van der Waals surface area contributed by atoms with E-state index in [0.29, 0.717) is 12.4 Å². The van der Waals surface area contributed by atoms with Crippen LogP contribution in [-0.2, 0) is 4.79 Å². The van der Waals surface area contributed by atoms with E-state index in [9.17, 15) is 9.90 Å². The van der Waals surface area contributed by atoms with Crippen molar-refractivity contribution in [2.45, 2.75) is 38.5 Å². The van der Waals surface area contributed by atoms with Crippen molar-refractivity contribution in [3.63, 3.8) is 0 Å². The molecule has 5 nitrogen and oxygen atoms in total. The molecular formula is C15H22N2O3. The van der Waals surface area contributed by atoms with Crippen molar-refractivity contribution in [3.8, 4) is 5.88 Å². The van der Waals surface area contributed by atoms with Crippen molar-refractivity contribution >= 4 is 11.7 Å². The van der Waals surface area contributed by atoms with Crippen molar-refractivity contribution in [1.82, 2.24) is 4.98 Å². The summed E-state index contributed by atoms with van der Waals surface area (Å²) >= 11 is 0. The van der Waals surface area contributed by atoms with E-state index in [1.807, 2.05) is 6.07 Å². The maximum absolute atomic E-state index is 11.7. The van der Waals surface area contributed by atoms with Gasteiger partial charge in [-0.25, -0.2) is 4.98 Å². The second-order valence-corrected chi connectivity index (χ2v) is 5.44. The third-order valence-electron chi connectivity index (χ3n) is 4.09. The lowest BCUT2D eigenvalue weighted by Crippen LogP contribution is -2.37. The van der Waals surface area contributed by atoms with E-state index in [1.54, 1.807) is 19.4 Å². The molecule has 0 saturated heterocycles. The van der Waals surface area contributed by atoms with Crippen LogP contribution in [0.1, 0.15) is 38.5 Å². The molecular weight excluding hydrogens is 256 g/mol. The van der Waals surface area contributed by atoms with Crippen LogP contribution in [0.25, 0.3) is 0 Å². The summed E-state index contributed by atoms with van der Waals surface area (Å²) in [4.78, 5) is 15.7. The number of aliphatic carboxylic acids is 1. The zero-order valence-corrected chi connectivity index (χ0v) is 11.9. The Bertz CT molecular complexity index is 454. The number of hydrogen-bond donors (Lipinski definition) is 2. The lowest BCUT2D eigenvalue weighted by atomic mass is 9.80. The Labute approximate surface area is 119 Å². The van der Waals surface area contributed by atoms with Gasteiger partial charge < -0.3 is 15.2 Å². The molecule has 2 N–H and O–H groups in total. The van der Waals surface area contributed by atoms with Gasteiger partial charge in [-0.1, -0.05) is 25.7 Å². The number of rotatable bonds is 5. The molecule has 0 bridgehead atoms. The van der Waals surface area contributed by atoms with Crippen LogP contribution in [0, 0.1) is 5.41 Å². The molecule has 110 valence electrons. The maximum Gasteiger partial charge on any atom is 0.311 e. The number of methoxy groups -OCH3 is 1. The van der Waals surface area contributed by atoms with Gasteiger partial charge in [0.2, 0.25) is 5.88 Å². The fourth-order valence-electron chi connectivity index (χ4n) is 2.77. The summed E-state index contributed by atoms with van der Waals surface area (Å²) < 4.78 is 5.07. The Balaban J connectivity index is 2.06. The second-order valence-electron chi connectivity index (χ2n) is 5.44. The molecule has 0 unspecified atom stereocenters. The summed E-state index contributed by atoms with van der Waals surface area (Å²) in [6.07, 6.45) is 7.41. The normalized spacial score (nSPS) is 18.1. The molecule has 1 aliphatic rings. The lowest BCUT2D eigenvalue weighted by Gasteiger charge is -2.28. The van der Waals surface area contributed by atoms with Crippen LogP contribution < -0.4 is 10.1 Å². The van der Waals surface area contributed by atoms with Gasteiger partial charge in [-0.05, 0) is 18.9 Å². The Hall–Kier alpha value is -1.78. The van der Waals surface area contributed by atoms with Crippen LogP contribution in [0.3, 0.4) is 0 Å². The molecule has 1 aromatic rings. The molecule has 5 heteroatoms. The number of nitrogens with one attached hydrogen (secondary N) is 1. The molecule has 1 saturated carbocycles. The van der Waals surface area contributed by atoms with E-state index in [4.69, 9.17) is 4.74 Å². The van der Waals surface area contributed by atoms with E-state index >= 15 is 0 Å². The quantitative estimate of drug-likeness (QED) is 0.810. The fraction of sp³-hybridized carbons (Fsp3) is 0.600. The minimum absolute atomic E-state index is 0.454. The molecule has 0 radical (unpaired) electrons. The highest BCUT2D eigenvalue weighted by atomic mass is 16.5. The predicted octanol–water partition coefficient (Wildman–Crippen LogP) is 2.93. The minimum atomic E-state index is -0.687. The monoisotopic (exact) mass is 278 g/mol. The number of carbonyl (C=O) groups is 1. The van der Waals surface area contributed by atoms with Crippen LogP contribution in [0.5, 0.6) is 5.88 Å². The standard InChI is InChI=1S/C15H22N2O3/c1-20-13-10-12(6-9-16-13)17-11-15(14(18)19)7-4-2-3-5-8-15/h6,9-10H,2-5,7-8,11H2,1H3,(H,16,17)(H,18,19). The van der Waals surface area contributed by atoms with Gasteiger partial charge in [0.15, 0.2) is 0 Å². The molecule has 0 aromatic carbocycles. The molecule has 0 aliphatic heterocycles. The van der Waals surface area contributed by atoms with Crippen LogP contribution in [-0.4, -0.2) is 29.7 Å². The Morgan fingerprint density at radius 2 is 2.10 bits per heavy atom. The van der Waals surface area contributed by atoms with E-state index < -0.39 is 11.4 Å². The SMILES string of the molecule is COc1cc(NCC2(C(=O)O)CCCCCC2)ccn1. The highest BCUT2D eigenvalue weighted by Gasteiger charge is 2.38. The third-order valence-corrected chi connectivity index (χ3v) is 4.09. The molecule has 0 spiro atoms. The fourth-order valence-corrected chi connectivity index (χ4v) is 2.77. The van der Waals surface area contributed by atoms with Crippen molar-refractivity contribution in [2.24, 2.45) is 5.41 Å². The largest absolute Gasteiger partial charge is 0.481 e.